The van der Waals surface area contributed by atoms with Crippen LogP contribution in [-0.2, 0) is 9.59 Å². The molecule has 2 unspecified atom stereocenters. The lowest BCUT2D eigenvalue weighted by molar-refractivity contribution is -0.137. The highest BCUT2D eigenvalue weighted by Crippen LogP contribution is 2.22. The van der Waals surface area contributed by atoms with Gasteiger partial charge in [-0.15, -0.1) is 0 Å². The molecule has 0 radical (unpaired) electrons. The number of anilines is 1. The second-order valence-electron chi connectivity index (χ2n) is 8.51. The van der Waals surface area contributed by atoms with Gasteiger partial charge in [-0.05, 0) is 55.5 Å². The van der Waals surface area contributed by atoms with E-state index in [2.05, 4.69) is 15.6 Å². The fraction of sp³-hybridized carbons (Fsp3) is 0.440. The average Bonchev–Trinajstić information content (AvgIpc) is 2.82. The first-order valence-corrected chi connectivity index (χ1v) is 11.3. The highest BCUT2D eigenvalue weighted by atomic mass is 16.2. The summed E-state index contributed by atoms with van der Waals surface area (Å²) in [5, 5.41) is 5.82. The molecule has 2 aromatic rings. The van der Waals surface area contributed by atoms with E-state index in [4.69, 9.17) is 0 Å². The standard InChI is InChI=1S/C25H32N4O3/c1-4-18(3)22(28-24(31)19-8-6-5-7-9-19)25(32)29-14-11-20(12-15-29)23(30)27-21-16-17(2)10-13-26-21/h5-10,13,16,18,20,22H,4,11-12,14-15H2,1-3H3,(H,28,31)(H,26,27,30). The molecule has 1 aliphatic rings. The van der Waals surface area contributed by atoms with Gasteiger partial charge in [0.1, 0.15) is 11.9 Å². The quantitative estimate of drug-likeness (QED) is 0.696. The van der Waals surface area contributed by atoms with Crippen LogP contribution in [0, 0.1) is 18.8 Å². The van der Waals surface area contributed by atoms with E-state index in [1.807, 2.05) is 39.0 Å². The molecular weight excluding hydrogens is 404 g/mol. The molecule has 2 heterocycles. The van der Waals surface area contributed by atoms with E-state index in [9.17, 15) is 14.4 Å². The Kier molecular flexibility index (Phi) is 7.98. The monoisotopic (exact) mass is 436 g/mol. The van der Waals surface area contributed by atoms with Crippen LogP contribution in [0.3, 0.4) is 0 Å². The minimum absolute atomic E-state index is 0.00331. The number of amides is 3. The number of piperidine rings is 1. The Bertz CT molecular complexity index is 939. The normalized spacial score (nSPS) is 16.2. The highest BCUT2D eigenvalue weighted by molar-refractivity contribution is 5.97. The van der Waals surface area contributed by atoms with Crippen molar-refractivity contribution in [1.82, 2.24) is 15.2 Å². The summed E-state index contributed by atoms with van der Waals surface area (Å²) in [6.45, 7) is 6.92. The van der Waals surface area contributed by atoms with Gasteiger partial charge in [0, 0.05) is 30.8 Å². The first-order chi connectivity index (χ1) is 15.4. The number of rotatable bonds is 7. The Labute approximate surface area is 189 Å². The van der Waals surface area contributed by atoms with Gasteiger partial charge < -0.3 is 15.5 Å². The molecule has 1 aliphatic heterocycles. The molecule has 0 aliphatic carbocycles. The van der Waals surface area contributed by atoms with Crippen molar-refractivity contribution in [3.63, 3.8) is 0 Å². The van der Waals surface area contributed by atoms with Crippen LogP contribution in [0.15, 0.2) is 48.7 Å². The number of aryl methyl sites for hydroxylation is 1. The van der Waals surface area contributed by atoms with Crippen molar-refractivity contribution < 1.29 is 14.4 Å². The van der Waals surface area contributed by atoms with E-state index in [0.717, 1.165) is 12.0 Å². The molecule has 1 aromatic carbocycles. The summed E-state index contributed by atoms with van der Waals surface area (Å²) in [4.78, 5) is 44.5. The Hall–Kier alpha value is -3.22. The second-order valence-corrected chi connectivity index (χ2v) is 8.51. The SMILES string of the molecule is CCC(C)C(NC(=O)c1ccccc1)C(=O)N1CCC(C(=O)Nc2cc(C)ccn2)CC1. The van der Waals surface area contributed by atoms with Gasteiger partial charge in [0.25, 0.3) is 5.91 Å². The highest BCUT2D eigenvalue weighted by Gasteiger charge is 2.34. The molecule has 0 spiro atoms. The summed E-state index contributed by atoms with van der Waals surface area (Å²) < 4.78 is 0. The van der Waals surface area contributed by atoms with Crippen molar-refractivity contribution in [1.29, 1.82) is 0 Å². The van der Waals surface area contributed by atoms with Gasteiger partial charge in [0.15, 0.2) is 0 Å². The number of aromatic nitrogens is 1. The van der Waals surface area contributed by atoms with Crippen molar-refractivity contribution in [2.75, 3.05) is 18.4 Å². The maximum Gasteiger partial charge on any atom is 0.251 e. The Morgan fingerprint density at radius 1 is 1.12 bits per heavy atom. The molecular formula is C25H32N4O3. The van der Waals surface area contributed by atoms with Crippen LogP contribution in [0.25, 0.3) is 0 Å². The number of hydrogen-bond donors (Lipinski definition) is 2. The van der Waals surface area contributed by atoms with Gasteiger partial charge >= 0.3 is 0 Å². The number of likely N-dealkylation sites (tertiary alicyclic amines) is 1. The number of hydrogen-bond acceptors (Lipinski definition) is 4. The molecule has 1 saturated heterocycles. The molecule has 1 aromatic heterocycles. The molecule has 7 heteroatoms. The lowest BCUT2D eigenvalue weighted by atomic mass is 9.93. The van der Waals surface area contributed by atoms with E-state index >= 15 is 0 Å². The van der Waals surface area contributed by atoms with E-state index in [0.29, 0.717) is 37.3 Å². The van der Waals surface area contributed by atoms with Crippen molar-refractivity contribution in [2.45, 2.75) is 46.1 Å². The van der Waals surface area contributed by atoms with Gasteiger partial charge in [-0.1, -0.05) is 38.5 Å². The Morgan fingerprint density at radius 2 is 1.81 bits per heavy atom. The van der Waals surface area contributed by atoms with Crippen LogP contribution in [-0.4, -0.2) is 46.7 Å². The number of carbonyl (C=O) groups is 3. The molecule has 32 heavy (non-hydrogen) atoms. The minimum atomic E-state index is -0.588. The van der Waals surface area contributed by atoms with E-state index < -0.39 is 6.04 Å². The molecule has 3 rings (SSSR count). The number of pyridine rings is 1. The molecule has 0 bridgehead atoms. The van der Waals surface area contributed by atoms with Crippen molar-refractivity contribution in [3.8, 4) is 0 Å². The van der Waals surface area contributed by atoms with Gasteiger partial charge in [-0.2, -0.15) is 0 Å². The number of carbonyl (C=O) groups excluding carboxylic acids is 3. The number of nitrogens with zero attached hydrogens (tertiary/aromatic N) is 2. The molecule has 2 atom stereocenters. The third-order valence-electron chi connectivity index (χ3n) is 6.15. The second kappa shape index (κ2) is 10.9. The lowest BCUT2D eigenvalue weighted by Gasteiger charge is -2.35. The fourth-order valence-electron chi connectivity index (χ4n) is 3.89. The largest absolute Gasteiger partial charge is 0.341 e. The molecule has 170 valence electrons. The summed E-state index contributed by atoms with van der Waals surface area (Å²) in [5.74, 6) is -0.00192. The lowest BCUT2D eigenvalue weighted by Crippen LogP contribution is -2.53. The van der Waals surface area contributed by atoms with Crippen LogP contribution in [0.4, 0.5) is 5.82 Å². The molecule has 3 amide bonds. The van der Waals surface area contributed by atoms with Crippen LogP contribution in [0.1, 0.15) is 49.0 Å². The van der Waals surface area contributed by atoms with Crippen LogP contribution >= 0.6 is 0 Å². The summed E-state index contributed by atoms with van der Waals surface area (Å²) in [6.07, 6.45) is 3.62. The predicted molar refractivity (Wildman–Crippen MR) is 124 cm³/mol. The van der Waals surface area contributed by atoms with Gasteiger partial charge in [0.2, 0.25) is 11.8 Å². The first-order valence-electron chi connectivity index (χ1n) is 11.3. The van der Waals surface area contributed by atoms with E-state index in [1.54, 1.807) is 35.4 Å². The molecule has 1 fully saturated rings. The molecule has 0 saturated carbocycles. The number of benzene rings is 1. The third kappa shape index (κ3) is 5.93. The maximum atomic E-state index is 13.3. The van der Waals surface area contributed by atoms with Crippen molar-refractivity contribution >= 4 is 23.5 Å². The van der Waals surface area contributed by atoms with Gasteiger partial charge in [0.05, 0.1) is 0 Å². The van der Waals surface area contributed by atoms with E-state index in [1.165, 1.54) is 0 Å². The maximum absolute atomic E-state index is 13.3. The molecule has 2 N–H and O–H groups in total. The zero-order chi connectivity index (χ0) is 23.1. The van der Waals surface area contributed by atoms with Crippen LogP contribution in [0.5, 0.6) is 0 Å². The zero-order valence-corrected chi connectivity index (χ0v) is 19.0. The topological polar surface area (TPSA) is 91.4 Å². The summed E-state index contributed by atoms with van der Waals surface area (Å²) in [5.41, 5.74) is 1.57. The van der Waals surface area contributed by atoms with Gasteiger partial charge in [-0.3, -0.25) is 14.4 Å². The summed E-state index contributed by atoms with van der Waals surface area (Å²) in [6, 6.07) is 12.1. The summed E-state index contributed by atoms with van der Waals surface area (Å²) in [7, 11) is 0. The van der Waals surface area contributed by atoms with Crippen molar-refractivity contribution in [3.05, 3.63) is 59.8 Å². The fourth-order valence-corrected chi connectivity index (χ4v) is 3.89. The Morgan fingerprint density at radius 3 is 2.44 bits per heavy atom. The number of nitrogens with one attached hydrogen (secondary N) is 2. The third-order valence-corrected chi connectivity index (χ3v) is 6.15. The predicted octanol–water partition coefficient (Wildman–Crippen LogP) is 3.41. The minimum Gasteiger partial charge on any atom is -0.341 e. The van der Waals surface area contributed by atoms with E-state index in [-0.39, 0.29) is 29.6 Å². The first kappa shape index (κ1) is 23.4. The van der Waals surface area contributed by atoms with Crippen LogP contribution in [0.2, 0.25) is 0 Å². The molecule has 7 nitrogen and oxygen atoms in total. The summed E-state index contributed by atoms with van der Waals surface area (Å²) >= 11 is 0. The zero-order valence-electron chi connectivity index (χ0n) is 19.0. The Balaban J connectivity index is 1.58. The van der Waals surface area contributed by atoms with Gasteiger partial charge in [-0.25, -0.2) is 4.98 Å². The van der Waals surface area contributed by atoms with Crippen LogP contribution < -0.4 is 10.6 Å². The average molecular weight is 437 g/mol. The van der Waals surface area contributed by atoms with Crippen molar-refractivity contribution in [2.24, 2.45) is 11.8 Å². The smallest absolute Gasteiger partial charge is 0.251 e.